The van der Waals surface area contributed by atoms with E-state index in [1.165, 1.54) is 39.5 Å². The molecular weight excluding hydrogens is 459 g/mol. The van der Waals surface area contributed by atoms with Gasteiger partial charge >= 0.3 is 0 Å². The second-order valence-corrected chi connectivity index (χ2v) is 10.4. The van der Waals surface area contributed by atoms with Crippen LogP contribution in [0, 0.1) is 5.82 Å². The van der Waals surface area contributed by atoms with E-state index in [0.29, 0.717) is 26.2 Å². The summed E-state index contributed by atoms with van der Waals surface area (Å²) >= 11 is 1.51. The highest BCUT2D eigenvalue weighted by molar-refractivity contribution is 7.92. The Hall–Kier alpha value is -3.14. The van der Waals surface area contributed by atoms with Crippen LogP contribution < -0.4 is 4.90 Å². The molecule has 0 N–H and O–H groups in total. The van der Waals surface area contributed by atoms with Gasteiger partial charge in [-0.15, -0.1) is 11.3 Å². The standard InChI is InChI=1S/C24H21FN4O2S2/c25-20-8-6-19(7-9-20)21-16-32-24-22(21)23(26-17-27-24)28-11-13-29(14-12-28)33(30,31)15-10-18-4-2-1-3-5-18/h1-10,15-17H,11-14H2/b15-10+. The van der Waals surface area contributed by atoms with E-state index in [1.54, 1.807) is 18.2 Å². The Kier molecular flexibility index (Phi) is 5.92. The molecule has 6 nitrogen and oxygen atoms in total. The second-order valence-electron chi connectivity index (χ2n) is 7.68. The predicted molar refractivity (Wildman–Crippen MR) is 131 cm³/mol. The van der Waals surface area contributed by atoms with Gasteiger partial charge in [-0.3, -0.25) is 0 Å². The minimum atomic E-state index is -3.51. The number of hydrogen-bond donors (Lipinski definition) is 0. The number of anilines is 1. The van der Waals surface area contributed by atoms with Crippen LogP contribution in [0.4, 0.5) is 10.2 Å². The van der Waals surface area contributed by atoms with Crippen molar-refractivity contribution in [3.8, 4) is 11.1 Å². The summed E-state index contributed by atoms with van der Waals surface area (Å²) in [5.41, 5.74) is 2.69. The van der Waals surface area contributed by atoms with Gasteiger partial charge in [0.05, 0.1) is 5.39 Å². The molecule has 1 saturated heterocycles. The Labute approximate surface area is 195 Å². The first-order valence-corrected chi connectivity index (χ1v) is 12.9. The molecule has 1 aliphatic rings. The number of aromatic nitrogens is 2. The molecule has 2 aromatic carbocycles. The topological polar surface area (TPSA) is 66.4 Å². The summed E-state index contributed by atoms with van der Waals surface area (Å²) in [4.78, 5) is 11.9. The van der Waals surface area contributed by atoms with E-state index in [2.05, 4.69) is 14.9 Å². The van der Waals surface area contributed by atoms with Crippen LogP contribution in [0.3, 0.4) is 0 Å². The van der Waals surface area contributed by atoms with E-state index in [9.17, 15) is 12.8 Å². The fourth-order valence-corrected chi connectivity index (χ4v) is 5.99. The van der Waals surface area contributed by atoms with Gasteiger partial charge in [-0.05, 0) is 29.3 Å². The third-order valence-electron chi connectivity index (χ3n) is 5.64. The summed E-state index contributed by atoms with van der Waals surface area (Å²) in [5.74, 6) is 0.492. The number of thiophene rings is 1. The third kappa shape index (κ3) is 4.52. The van der Waals surface area contributed by atoms with Crippen molar-refractivity contribution < 1.29 is 12.8 Å². The Morgan fingerprint density at radius 3 is 2.39 bits per heavy atom. The van der Waals surface area contributed by atoms with E-state index >= 15 is 0 Å². The first-order chi connectivity index (χ1) is 16.0. The molecule has 0 radical (unpaired) electrons. The van der Waals surface area contributed by atoms with Crippen molar-refractivity contribution in [1.82, 2.24) is 14.3 Å². The van der Waals surface area contributed by atoms with Gasteiger partial charge < -0.3 is 4.90 Å². The van der Waals surface area contributed by atoms with Gasteiger partial charge in [0, 0.05) is 42.5 Å². The van der Waals surface area contributed by atoms with Crippen molar-refractivity contribution in [2.75, 3.05) is 31.1 Å². The van der Waals surface area contributed by atoms with Gasteiger partial charge in [-0.25, -0.2) is 22.8 Å². The normalized spacial score (nSPS) is 15.5. The second kappa shape index (κ2) is 9.01. The summed E-state index contributed by atoms with van der Waals surface area (Å²) < 4.78 is 40.5. The van der Waals surface area contributed by atoms with Crippen LogP contribution in [0.1, 0.15) is 5.56 Å². The molecule has 3 heterocycles. The highest BCUT2D eigenvalue weighted by atomic mass is 32.2. The first-order valence-electron chi connectivity index (χ1n) is 10.5. The molecule has 2 aromatic heterocycles. The number of sulfonamides is 1. The highest BCUT2D eigenvalue weighted by Gasteiger charge is 2.27. The monoisotopic (exact) mass is 480 g/mol. The smallest absolute Gasteiger partial charge is 0.236 e. The Bertz CT molecular complexity index is 1400. The lowest BCUT2D eigenvalue weighted by Gasteiger charge is -2.34. The zero-order chi connectivity index (χ0) is 22.8. The van der Waals surface area contributed by atoms with Gasteiger partial charge in [-0.2, -0.15) is 4.31 Å². The number of rotatable bonds is 5. The lowest BCUT2D eigenvalue weighted by Crippen LogP contribution is -2.48. The molecule has 0 unspecified atom stereocenters. The van der Waals surface area contributed by atoms with Crippen molar-refractivity contribution in [2.24, 2.45) is 0 Å². The molecule has 33 heavy (non-hydrogen) atoms. The fourth-order valence-electron chi connectivity index (χ4n) is 3.91. The molecule has 1 fully saturated rings. The molecule has 1 aliphatic heterocycles. The van der Waals surface area contributed by atoms with Crippen molar-refractivity contribution in [3.63, 3.8) is 0 Å². The van der Waals surface area contributed by atoms with Crippen LogP contribution in [0.2, 0.25) is 0 Å². The molecular formula is C24H21FN4O2S2. The van der Waals surface area contributed by atoms with Crippen LogP contribution in [0.5, 0.6) is 0 Å². The number of piperazine rings is 1. The van der Waals surface area contributed by atoms with Crippen LogP contribution in [-0.2, 0) is 10.0 Å². The molecule has 4 aromatic rings. The number of nitrogens with zero attached hydrogens (tertiary/aromatic N) is 4. The maximum absolute atomic E-state index is 13.4. The van der Waals surface area contributed by atoms with Crippen molar-refractivity contribution in [1.29, 1.82) is 0 Å². The fraction of sp³-hybridized carbons (Fsp3) is 0.167. The predicted octanol–water partition coefficient (Wildman–Crippen LogP) is 4.62. The zero-order valence-electron chi connectivity index (χ0n) is 17.6. The lowest BCUT2D eigenvalue weighted by molar-refractivity contribution is 0.389. The Balaban J connectivity index is 1.37. The van der Waals surface area contributed by atoms with Crippen LogP contribution >= 0.6 is 11.3 Å². The van der Waals surface area contributed by atoms with Gasteiger partial charge in [0.1, 0.15) is 22.8 Å². The minimum absolute atomic E-state index is 0.284. The maximum Gasteiger partial charge on any atom is 0.236 e. The molecule has 0 aliphatic carbocycles. The summed E-state index contributed by atoms with van der Waals surface area (Å²) in [5, 5.41) is 4.19. The highest BCUT2D eigenvalue weighted by Crippen LogP contribution is 2.38. The average molecular weight is 481 g/mol. The molecule has 9 heteroatoms. The summed E-state index contributed by atoms with van der Waals surface area (Å²) in [6.45, 7) is 1.76. The number of halogens is 1. The Morgan fingerprint density at radius 2 is 1.67 bits per heavy atom. The summed E-state index contributed by atoms with van der Waals surface area (Å²) in [7, 11) is -3.51. The molecule has 0 spiro atoms. The lowest BCUT2D eigenvalue weighted by atomic mass is 10.1. The van der Waals surface area contributed by atoms with E-state index < -0.39 is 10.0 Å². The molecule has 0 bridgehead atoms. The quantitative estimate of drug-likeness (QED) is 0.417. The van der Waals surface area contributed by atoms with Crippen molar-refractivity contribution in [2.45, 2.75) is 0 Å². The van der Waals surface area contributed by atoms with Gasteiger partial charge in [0.25, 0.3) is 0 Å². The molecule has 168 valence electrons. The van der Waals surface area contributed by atoms with Crippen LogP contribution in [0.25, 0.3) is 27.4 Å². The minimum Gasteiger partial charge on any atom is -0.353 e. The number of fused-ring (bicyclic) bond motifs is 1. The molecule has 5 rings (SSSR count). The number of benzene rings is 2. The van der Waals surface area contributed by atoms with E-state index in [-0.39, 0.29) is 5.82 Å². The average Bonchev–Trinajstić information content (AvgIpc) is 3.28. The number of hydrogen-bond acceptors (Lipinski definition) is 6. The third-order valence-corrected chi connectivity index (χ3v) is 8.09. The van der Waals surface area contributed by atoms with Gasteiger partial charge in [0.2, 0.25) is 10.0 Å². The van der Waals surface area contributed by atoms with Crippen LogP contribution in [0.15, 0.2) is 71.7 Å². The van der Waals surface area contributed by atoms with E-state index in [4.69, 9.17) is 0 Å². The van der Waals surface area contributed by atoms with E-state index in [1.807, 2.05) is 35.7 Å². The Morgan fingerprint density at radius 1 is 0.939 bits per heavy atom. The zero-order valence-corrected chi connectivity index (χ0v) is 19.3. The molecule has 0 saturated carbocycles. The van der Waals surface area contributed by atoms with Crippen molar-refractivity contribution >= 4 is 43.5 Å². The maximum atomic E-state index is 13.4. The first kappa shape index (κ1) is 21.7. The van der Waals surface area contributed by atoms with Gasteiger partial charge in [0.15, 0.2) is 0 Å². The molecule has 0 atom stereocenters. The van der Waals surface area contributed by atoms with Crippen LogP contribution in [-0.4, -0.2) is 48.9 Å². The molecule has 0 amide bonds. The largest absolute Gasteiger partial charge is 0.353 e. The SMILES string of the molecule is O=S(=O)(/C=C/c1ccccc1)N1CCN(c2ncnc3scc(-c4ccc(F)cc4)c23)CC1. The summed E-state index contributed by atoms with van der Waals surface area (Å²) in [6, 6.07) is 15.7. The summed E-state index contributed by atoms with van der Waals surface area (Å²) in [6.07, 6.45) is 3.16. The van der Waals surface area contributed by atoms with Gasteiger partial charge in [-0.1, -0.05) is 42.5 Å². The van der Waals surface area contributed by atoms with Crippen molar-refractivity contribution in [3.05, 3.63) is 83.1 Å². The van der Waals surface area contributed by atoms with E-state index in [0.717, 1.165) is 32.7 Å².